The molecule has 0 atom stereocenters. The predicted molar refractivity (Wildman–Crippen MR) is 123 cm³/mol. The Morgan fingerprint density at radius 3 is 2.55 bits per heavy atom. The molecular weight excluding hydrogens is 384 g/mol. The number of methoxy groups -OCH3 is 1. The number of hydrogen-bond acceptors (Lipinski definition) is 4. The number of fused-ring (bicyclic) bond motifs is 1. The van der Waals surface area contributed by atoms with Gasteiger partial charge in [0.25, 0.3) is 5.56 Å². The molecule has 152 valence electrons. The second-order valence-corrected chi connectivity index (χ2v) is 7.48. The van der Waals surface area contributed by atoms with Crippen molar-refractivity contribution in [1.82, 2.24) is 14.8 Å². The van der Waals surface area contributed by atoms with E-state index in [0.29, 0.717) is 23.8 Å². The third-order valence-electron chi connectivity index (χ3n) is 4.62. The topological polar surface area (TPSA) is 60.6 Å². The lowest BCUT2D eigenvalue weighted by atomic mass is 10.1. The highest BCUT2D eigenvalue weighted by molar-refractivity contribution is 7.80. The van der Waals surface area contributed by atoms with Crippen molar-refractivity contribution >= 4 is 33.9 Å². The number of aromatic nitrogens is 1. The minimum atomic E-state index is -0.111. The Balaban J connectivity index is 1.86. The first kappa shape index (κ1) is 20.8. The van der Waals surface area contributed by atoms with Crippen LogP contribution in [0.25, 0.3) is 10.9 Å². The molecule has 1 aromatic heterocycles. The first-order chi connectivity index (χ1) is 14.0. The summed E-state index contributed by atoms with van der Waals surface area (Å²) in [5.74, 6) is 0.751. The number of thiocarbonyl (C=S) groups is 1. The molecule has 0 spiro atoms. The summed E-state index contributed by atoms with van der Waals surface area (Å²) in [5.41, 5.74) is 2.25. The molecule has 0 bridgehead atoms. The lowest BCUT2D eigenvalue weighted by molar-refractivity contribution is 0.327. The Labute approximate surface area is 176 Å². The average Bonchev–Trinajstić information content (AvgIpc) is 2.71. The van der Waals surface area contributed by atoms with E-state index in [4.69, 9.17) is 17.0 Å². The van der Waals surface area contributed by atoms with E-state index in [-0.39, 0.29) is 5.56 Å². The van der Waals surface area contributed by atoms with E-state index in [1.54, 1.807) is 7.11 Å². The van der Waals surface area contributed by atoms with Crippen LogP contribution in [0.5, 0.6) is 5.75 Å². The molecule has 0 unspecified atom stereocenters. The normalized spacial score (nSPS) is 10.9. The summed E-state index contributed by atoms with van der Waals surface area (Å²) in [5, 5.41) is 4.78. The van der Waals surface area contributed by atoms with Crippen LogP contribution in [0.3, 0.4) is 0 Å². The standard InChI is InChI=1S/C22H26N4O2S/c1-25(2)11-12-26(22(29)23-18-7-5-4-6-8-18)15-17-13-16-14-19(28-3)9-10-20(16)24-21(17)27/h4-10,13-14H,11-12,15H2,1-3H3,(H,23,29)(H,24,27). The molecule has 0 radical (unpaired) electrons. The summed E-state index contributed by atoms with van der Waals surface area (Å²) >= 11 is 5.65. The maximum Gasteiger partial charge on any atom is 0.253 e. The number of para-hydroxylation sites is 1. The van der Waals surface area contributed by atoms with Gasteiger partial charge in [-0.05, 0) is 62.7 Å². The molecule has 2 aromatic carbocycles. The highest BCUT2D eigenvalue weighted by Gasteiger charge is 2.14. The van der Waals surface area contributed by atoms with Gasteiger partial charge in [-0.25, -0.2) is 0 Å². The van der Waals surface area contributed by atoms with E-state index in [0.717, 1.165) is 28.9 Å². The van der Waals surface area contributed by atoms with Gasteiger partial charge in [0.2, 0.25) is 0 Å². The van der Waals surface area contributed by atoms with E-state index in [9.17, 15) is 4.79 Å². The number of anilines is 1. The fourth-order valence-electron chi connectivity index (χ4n) is 2.98. The highest BCUT2D eigenvalue weighted by atomic mass is 32.1. The van der Waals surface area contributed by atoms with Crippen molar-refractivity contribution in [2.45, 2.75) is 6.54 Å². The highest BCUT2D eigenvalue weighted by Crippen LogP contribution is 2.19. The maximum absolute atomic E-state index is 12.7. The van der Waals surface area contributed by atoms with Crippen LogP contribution in [-0.4, -0.2) is 54.2 Å². The lowest BCUT2D eigenvalue weighted by Crippen LogP contribution is -2.40. The molecule has 0 aliphatic heterocycles. The zero-order valence-corrected chi connectivity index (χ0v) is 17.8. The number of nitrogens with zero attached hydrogens (tertiary/aromatic N) is 2. The molecule has 0 saturated heterocycles. The number of benzene rings is 2. The van der Waals surface area contributed by atoms with Gasteiger partial charge in [0, 0.05) is 35.2 Å². The Hall–Kier alpha value is -2.90. The zero-order chi connectivity index (χ0) is 20.8. The molecule has 0 aliphatic rings. The number of hydrogen-bond donors (Lipinski definition) is 2. The average molecular weight is 411 g/mol. The summed E-state index contributed by atoms with van der Waals surface area (Å²) in [6, 6.07) is 17.3. The molecule has 0 fully saturated rings. The summed E-state index contributed by atoms with van der Waals surface area (Å²) in [7, 11) is 5.66. The summed E-state index contributed by atoms with van der Waals surface area (Å²) in [6.45, 7) is 1.92. The van der Waals surface area contributed by atoms with Crippen LogP contribution in [0.4, 0.5) is 5.69 Å². The van der Waals surface area contributed by atoms with Gasteiger partial charge in [-0.2, -0.15) is 0 Å². The molecule has 0 amide bonds. The summed E-state index contributed by atoms with van der Waals surface area (Å²) < 4.78 is 5.30. The van der Waals surface area contributed by atoms with Crippen molar-refractivity contribution in [2.75, 3.05) is 39.6 Å². The molecule has 6 nitrogen and oxygen atoms in total. The van der Waals surface area contributed by atoms with Crippen molar-refractivity contribution in [3.63, 3.8) is 0 Å². The number of likely N-dealkylation sites (N-methyl/N-ethyl adjacent to an activating group) is 1. The second kappa shape index (κ2) is 9.54. The lowest BCUT2D eigenvalue weighted by Gasteiger charge is -2.27. The van der Waals surface area contributed by atoms with Crippen LogP contribution < -0.4 is 15.6 Å². The minimum absolute atomic E-state index is 0.111. The van der Waals surface area contributed by atoms with Crippen molar-refractivity contribution in [3.05, 3.63) is 70.5 Å². The van der Waals surface area contributed by atoms with Crippen LogP contribution >= 0.6 is 12.2 Å². The van der Waals surface area contributed by atoms with Gasteiger partial charge >= 0.3 is 0 Å². The third kappa shape index (κ3) is 5.56. The van der Waals surface area contributed by atoms with Gasteiger partial charge in [-0.1, -0.05) is 18.2 Å². The second-order valence-electron chi connectivity index (χ2n) is 7.10. The molecular formula is C22H26N4O2S. The third-order valence-corrected chi connectivity index (χ3v) is 4.98. The molecule has 0 saturated carbocycles. The number of nitrogens with one attached hydrogen (secondary N) is 2. The van der Waals surface area contributed by atoms with Gasteiger partial charge in [-0.3, -0.25) is 4.79 Å². The molecule has 3 rings (SSSR count). The SMILES string of the molecule is COc1ccc2[nH]c(=O)c(CN(CCN(C)C)C(=S)Nc3ccccc3)cc2c1. The molecule has 7 heteroatoms. The van der Waals surface area contributed by atoms with Crippen LogP contribution in [0, 0.1) is 0 Å². The quantitative estimate of drug-likeness (QED) is 0.583. The monoisotopic (exact) mass is 410 g/mol. The van der Waals surface area contributed by atoms with Crippen LogP contribution in [-0.2, 0) is 6.54 Å². The fraction of sp³-hybridized carbons (Fsp3) is 0.273. The van der Waals surface area contributed by atoms with Crippen molar-refractivity contribution in [1.29, 1.82) is 0 Å². The van der Waals surface area contributed by atoms with Crippen molar-refractivity contribution in [2.24, 2.45) is 0 Å². The molecule has 1 heterocycles. The zero-order valence-electron chi connectivity index (χ0n) is 16.9. The van der Waals surface area contributed by atoms with Crippen LogP contribution in [0.2, 0.25) is 0 Å². The van der Waals surface area contributed by atoms with Crippen LogP contribution in [0.15, 0.2) is 59.4 Å². The van der Waals surface area contributed by atoms with Crippen molar-refractivity contribution in [3.8, 4) is 5.75 Å². The van der Waals surface area contributed by atoms with E-state index in [1.807, 2.05) is 73.6 Å². The molecule has 29 heavy (non-hydrogen) atoms. The molecule has 2 N–H and O–H groups in total. The smallest absolute Gasteiger partial charge is 0.253 e. The first-order valence-corrected chi connectivity index (χ1v) is 9.83. The summed E-state index contributed by atoms with van der Waals surface area (Å²) in [6.07, 6.45) is 0. The number of pyridine rings is 1. The molecule has 3 aromatic rings. The van der Waals surface area contributed by atoms with Crippen molar-refractivity contribution < 1.29 is 4.74 Å². The first-order valence-electron chi connectivity index (χ1n) is 9.42. The largest absolute Gasteiger partial charge is 0.497 e. The molecule has 0 aliphatic carbocycles. The van der Waals surface area contributed by atoms with Gasteiger partial charge in [-0.15, -0.1) is 0 Å². The minimum Gasteiger partial charge on any atom is -0.497 e. The van der Waals surface area contributed by atoms with E-state index in [1.165, 1.54) is 0 Å². The Kier molecular flexibility index (Phi) is 6.85. The number of aromatic amines is 1. The number of ether oxygens (including phenoxy) is 1. The Bertz CT molecular complexity index is 1030. The van der Waals surface area contributed by atoms with Gasteiger partial charge in [0.05, 0.1) is 13.7 Å². The van der Waals surface area contributed by atoms with Crippen LogP contribution in [0.1, 0.15) is 5.56 Å². The van der Waals surface area contributed by atoms with E-state index >= 15 is 0 Å². The number of H-pyrrole nitrogens is 1. The van der Waals surface area contributed by atoms with Gasteiger partial charge < -0.3 is 24.8 Å². The van der Waals surface area contributed by atoms with E-state index in [2.05, 4.69) is 15.2 Å². The maximum atomic E-state index is 12.7. The van der Waals surface area contributed by atoms with Gasteiger partial charge in [0.1, 0.15) is 5.75 Å². The Morgan fingerprint density at radius 2 is 1.86 bits per heavy atom. The van der Waals surface area contributed by atoms with E-state index < -0.39 is 0 Å². The number of rotatable bonds is 7. The summed E-state index contributed by atoms with van der Waals surface area (Å²) in [4.78, 5) is 19.7. The predicted octanol–water partition coefficient (Wildman–Crippen LogP) is 3.30. The van der Waals surface area contributed by atoms with Gasteiger partial charge in [0.15, 0.2) is 5.11 Å². The fourth-order valence-corrected chi connectivity index (χ4v) is 3.25. The Morgan fingerprint density at radius 1 is 1.10 bits per heavy atom.